The van der Waals surface area contributed by atoms with Crippen LogP contribution in [0.5, 0.6) is 0 Å². The summed E-state index contributed by atoms with van der Waals surface area (Å²) in [6, 6.07) is 11.4. The van der Waals surface area contributed by atoms with Crippen molar-refractivity contribution < 1.29 is 4.39 Å². The molecule has 0 N–H and O–H groups in total. The lowest BCUT2D eigenvalue weighted by Crippen LogP contribution is -2.21. The minimum absolute atomic E-state index is 0.110. The number of rotatable bonds is 4. The minimum atomic E-state index is -0.356. The fraction of sp³-hybridized carbons (Fsp3) is 0.111. The van der Waals surface area contributed by atoms with E-state index in [-0.39, 0.29) is 30.0 Å². The summed E-state index contributed by atoms with van der Waals surface area (Å²) in [6.07, 6.45) is 1.40. The molecule has 4 aromatic rings. The summed E-state index contributed by atoms with van der Waals surface area (Å²) in [5.74, 6) is -0.355. The fourth-order valence-electron chi connectivity index (χ4n) is 2.73. The van der Waals surface area contributed by atoms with Crippen LogP contribution in [-0.2, 0) is 13.1 Å². The summed E-state index contributed by atoms with van der Waals surface area (Å²) in [5.41, 5.74) is 1.21. The summed E-state index contributed by atoms with van der Waals surface area (Å²) in [4.78, 5) is 17.0. The van der Waals surface area contributed by atoms with Gasteiger partial charge < -0.3 is 0 Å². The molecule has 4 rings (SSSR count). The molecule has 0 atom stereocenters. The van der Waals surface area contributed by atoms with Crippen molar-refractivity contribution in [1.29, 1.82) is 0 Å². The third-order valence-electron chi connectivity index (χ3n) is 4.13. The molecule has 0 unspecified atom stereocenters. The summed E-state index contributed by atoms with van der Waals surface area (Å²) < 4.78 is 16.6. The lowest BCUT2D eigenvalue weighted by Gasteiger charge is -2.08. The first-order valence-electron chi connectivity index (χ1n) is 7.99. The summed E-state index contributed by atoms with van der Waals surface area (Å²) in [5, 5.41) is 8.84. The van der Waals surface area contributed by atoms with E-state index in [2.05, 4.69) is 15.3 Å². The van der Waals surface area contributed by atoms with Crippen molar-refractivity contribution in [1.82, 2.24) is 24.5 Å². The van der Waals surface area contributed by atoms with Crippen LogP contribution in [0, 0.1) is 5.82 Å². The summed E-state index contributed by atoms with van der Waals surface area (Å²) in [6.45, 7) is 0.348. The van der Waals surface area contributed by atoms with Gasteiger partial charge in [-0.3, -0.25) is 9.36 Å². The molecule has 2 aromatic heterocycles. The maximum absolute atomic E-state index is 13.9. The minimum Gasteiger partial charge on any atom is -0.293 e. The molecule has 2 aromatic carbocycles. The number of hydrogen-bond donors (Lipinski definition) is 0. The van der Waals surface area contributed by atoms with E-state index >= 15 is 0 Å². The van der Waals surface area contributed by atoms with E-state index in [9.17, 15) is 9.18 Å². The molecule has 9 heteroatoms. The third-order valence-corrected chi connectivity index (χ3v) is 4.71. The van der Waals surface area contributed by atoms with Crippen molar-refractivity contribution in [2.24, 2.45) is 0 Å². The molecular formula is C18H12Cl2FN5O. The highest BCUT2D eigenvalue weighted by Gasteiger charge is 2.14. The highest BCUT2D eigenvalue weighted by atomic mass is 35.5. The molecule has 0 aliphatic heterocycles. The van der Waals surface area contributed by atoms with Crippen molar-refractivity contribution in [3.8, 4) is 0 Å². The molecule has 0 aliphatic rings. The van der Waals surface area contributed by atoms with Gasteiger partial charge in [-0.05, 0) is 23.8 Å². The summed E-state index contributed by atoms with van der Waals surface area (Å²) in [7, 11) is 0. The van der Waals surface area contributed by atoms with Crippen LogP contribution in [0.15, 0.2) is 53.6 Å². The molecule has 0 bridgehead atoms. The zero-order chi connectivity index (χ0) is 19.0. The molecule has 0 saturated carbocycles. The quantitative estimate of drug-likeness (QED) is 0.522. The molecule has 27 heavy (non-hydrogen) atoms. The Kier molecular flexibility index (Phi) is 4.63. The molecule has 0 spiro atoms. The second-order valence-electron chi connectivity index (χ2n) is 5.92. The van der Waals surface area contributed by atoms with Crippen LogP contribution in [0.2, 0.25) is 10.0 Å². The highest BCUT2D eigenvalue weighted by Crippen LogP contribution is 2.21. The van der Waals surface area contributed by atoms with Gasteiger partial charge in [-0.1, -0.05) is 52.7 Å². The van der Waals surface area contributed by atoms with Crippen molar-refractivity contribution >= 4 is 34.4 Å². The Balaban J connectivity index is 1.69. The maximum Gasteiger partial charge on any atom is 0.283 e. The zero-order valence-corrected chi connectivity index (χ0v) is 15.3. The fourth-order valence-corrected chi connectivity index (χ4v) is 3.20. The van der Waals surface area contributed by atoms with Crippen LogP contribution < -0.4 is 5.56 Å². The van der Waals surface area contributed by atoms with E-state index in [0.29, 0.717) is 21.3 Å². The lowest BCUT2D eigenvalue weighted by atomic mass is 10.2. The molecular weight excluding hydrogens is 392 g/mol. The number of hydrogen-bond acceptors (Lipinski definition) is 4. The van der Waals surface area contributed by atoms with Crippen molar-refractivity contribution in [2.75, 3.05) is 0 Å². The average Bonchev–Trinajstić information content (AvgIpc) is 3.05. The molecule has 0 saturated heterocycles. The van der Waals surface area contributed by atoms with E-state index in [4.69, 9.17) is 23.2 Å². The molecule has 0 fully saturated rings. The van der Waals surface area contributed by atoms with E-state index in [1.165, 1.54) is 21.6 Å². The average molecular weight is 404 g/mol. The number of aromatic nitrogens is 5. The highest BCUT2D eigenvalue weighted by molar-refractivity contribution is 6.35. The van der Waals surface area contributed by atoms with Gasteiger partial charge in [0.2, 0.25) is 0 Å². The molecule has 0 radical (unpaired) electrons. The van der Waals surface area contributed by atoms with Crippen molar-refractivity contribution in [2.45, 2.75) is 13.1 Å². The second-order valence-corrected chi connectivity index (χ2v) is 6.77. The lowest BCUT2D eigenvalue weighted by molar-refractivity contribution is 0.582. The van der Waals surface area contributed by atoms with Crippen molar-refractivity contribution in [3.05, 3.63) is 86.1 Å². The Morgan fingerprint density at radius 3 is 2.63 bits per heavy atom. The molecule has 6 nitrogen and oxygen atoms in total. The first-order chi connectivity index (χ1) is 13.0. The smallest absolute Gasteiger partial charge is 0.283 e. The van der Waals surface area contributed by atoms with Gasteiger partial charge in [0.1, 0.15) is 12.1 Å². The first kappa shape index (κ1) is 17.6. The van der Waals surface area contributed by atoms with E-state index in [1.54, 1.807) is 36.4 Å². The number of benzene rings is 2. The van der Waals surface area contributed by atoms with E-state index in [0.717, 1.165) is 5.56 Å². The first-order valence-corrected chi connectivity index (χ1v) is 8.74. The van der Waals surface area contributed by atoms with Gasteiger partial charge in [0.25, 0.3) is 5.56 Å². The third kappa shape index (κ3) is 3.43. The number of halogens is 3. The van der Waals surface area contributed by atoms with Gasteiger partial charge in [0.05, 0.1) is 13.1 Å². The summed E-state index contributed by atoms with van der Waals surface area (Å²) >= 11 is 12.1. The Bertz CT molecular complexity index is 1200. The number of nitrogens with zero attached hydrogens (tertiary/aromatic N) is 5. The van der Waals surface area contributed by atoms with Crippen molar-refractivity contribution in [3.63, 3.8) is 0 Å². The van der Waals surface area contributed by atoms with Gasteiger partial charge in [-0.25, -0.2) is 14.1 Å². The maximum atomic E-state index is 13.9. The SMILES string of the molecule is O=c1c2nnn(Cc3ccccc3F)c2ncn1Cc1ccc(Cl)cc1Cl. The van der Waals surface area contributed by atoms with Crippen LogP contribution >= 0.6 is 23.2 Å². The van der Waals surface area contributed by atoms with Crippen LogP contribution in [0.1, 0.15) is 11.1 Å². The van der Waals surface area contributed by atoms with E-state index < -0.39 is 0 Å². The van der Waals surface area contributed by atoms with Gasteiger partial charge in [-0.15, -0.1) is 5.10 Å². The largest absolute Gasteiger partial charge is 0.293 e. The normalized spacial score (nSPS) is 11.2. The van der Waals surface area contributed by atoms with Gasteiger partial charge in [-0.2, -0.15) is 0 Å². The van der Waals surface area contributed by atoms with Crippen LogP contribution in [-0.4, -0.2) is 24.5 Å². The Morgan fingerprint density at radius 1 is 1.04 bits per heavy atom. The van der Waals surface area contributed by atoms with Crippen LogP contribution in [0.25, 0.3) is 11.2 Å². The Morgan fingerprint density at radius 2 is 1.85 bits per heavy atom. The standard InChI is InChI=1S/C18H12Cl2FN5O/c19-13-6-5-11(14(20)7-13)8-25-10-22-17-16(18(25)27)23-24-26(17)9-12-3-1-2-4-15(12)21/h1-7,10H,8-9H2. The molecule has 136 valence electrons. The topological polar surface area (TPSA) is 65.6 Å². The molecule has 0 amide bonds. The van der Waals surface area contributed by atoms with Gasteiger partial charge in [0, 0.05) is 15.6 Å². The Labute approximate surface area is 162 Å². The van der Waals surface area contributed by atoms with Gasteiger partial charge >= 0.3 is 0 Å². The second kappa shape index (κ2) is 7.09. The molecule has 0 aliphatic carbocycles. The predicted octanol–water partition coefficient (Wildman–Crippen LogP) is 3.53. The van der Waals surface area contributed by atoms with Crippen LogP contribution in [0.4, 0.5) is 4.39 Å². The Hall–Kier alpha value is -2.77. The monoisotopic (exact) mass is 403 g/mol. The zero-order valence-electron chi connectivity index (χ0n) is 13.8. The van der Waals surface area contributed by atoms with Crippen LogP contribution in [0.3, 0.4) is 0 Å². The van der Waals surface area contributed by atoms with E-state index in [1.807, 2.05) is 0 Å². The van der Waals surface area contributed by atoms with Gasteiger partial charge in [0.15, 0.2) is 11.2 Å². The predicted molar refractivity (Wildman–Crippen MR) is 101 cm³/mol. The molecule has 2 heterocycles. The number of fused-ring (bicyclic) bond motifs is 1.